The number of halogens is 1. The number of ether oxygens (including phenoxy) is 1. The lowest BCUT2D eigenvalue weighted by Gasteiger charge is -2.22. The van der Waals surface area contributed by atoms with Crippen molar-refractivity contribution in [3.8, 4) is 11.5 Å². The van der Waals surface area contributed by atoms with Gasteiger partial charge in [0, 0.05) is 18.6 Å². The van der Waals surface area contributed by atoms with E-state index in [1.54, 1.807) is 6.07 Å². The van der Waals surface area contributed by atoms with Crippen molar-refractivity contribution in [3.05, 3.63) is 57.0 Å². The molecule has 0 spiro atoms. The first kappa shape index (κ1) is 25.4. The third-order valence-corrected chi connectivity index (χ3v) is 6.31. The molecule has 0 fully saturated rings. The molecule has 2 N–H and O–H groups in total. The van der Waals surface area contributed by atoms with Gasteiger partial charge in [0.1, 0.15) is 11.8 Å². The van der Waals surface area contributed by atoms with Gasteiger partial charge in [-0.25, -0.2) is 0 Å². The van der Waals surface area contributed by atoms with Crippen LogP contribution < -0.4 is 0 Å². The number of aliphatic hydroxyl groups excluding tert-OH is 1. The van der Waals surface area contributed by atoms with Crippen LogP contribution in [-0.4, -0.2) is 33.1 Å². The maximum atomic E-state index is 11.5. The largest absolute Gasteiger partial charge is 0.481 e. The molecule has 0 saturated carbocycles. The Bertz CT molecular complexity index is 1040. The highest BCUT2D eigenvalue weighted by Crippen LogP contribution is 2.37. The molecule has 2 atom stereocenters. The van der Waals surface area contributed by atoms with Crippen molar-refractivity contribution in [3.63, 3.8) is 0 Å². The summed E-state index contributed by atoms with van der Waals surface area (Å²) in [6.45, 7) is 6.73. The molecule has 3 aromatic rings. The minimum absolute atomic E-state index is 0.0620. The maximum absolute atomic E-state index is 11.5. The zero-order chi connectivity index (χ0) is 24.0. The molecule has 9 heteroatoms. The van der Waals surface area contributed by atoms with E-state index in [0.29, 0.717) is 52.5 Å². The first-order chi connectivity index (χ1) is 15.7. The van der Waals surface area contributed by atoms with Crippen LogP contribution in [0.25, 0.3) is 11.5 Å². The van der Waals surface area contributed by atoms with Crippen LogP contribution in [0.15, 0.2) is 45.4 Å². The SMILES string of the molecule is CC(C)(C)C(O)c1cc(-c2onc([C@@H](CCCOCc3ccccc3)CC(=O)O)c2I)no1. The minimum atomic E-state index is -0.900. The third-order valence-electron chi connectivity index (χ3n) is 5.27. The van der Waals surface area contributed by atoms with Crippen molar-refractivity contribution < 1.29 is 28.8 Å². The summed E-state index contributed by atoms with van der Waals surface area (Å²) in [7, 11) is 0. The van der Waals surface area contributed by atoms with E-state index in [0.717, 1.165) is 5.56 Å². The normalized spacial score (nSPS) is 13.7. The summed E-state index contributed by atoms with van der Waals surface area (Å²) in [6, 6.07) is 11.5. The number of aromatic nitrogens is 2. The van der Waals surface area contributed by atoms with E-state index in [1.165, 1.54) is 0 Å². The van der Waals surface area contributed by atoms with Crippen molar-refractivity contribution in [2.24, 2.45) is 5.41 Å². The van der Waals surface area contributed by atoms with E-state index in [1.807, 2.05) is 51.1 Å². The second-order valence-corrected chi connectivity index (χ2v) is 10.1. The summed E-state index contributed by atoms with van der Waals surface area (Å²) < 4.78 is 17.3. The number of rotatable bonds is 11. The van der Waals surface area contributed by atoms with Crippen LogP contribution in [0.1, 0.15) is 69.1 Å². The summed E-state index contributed by atoms with van der Waals surface area (Å²) in [5, 5.41) is 28.0. The van der Waals surface area contributed by atoms with E-state index in [9.17, 15) is 15.0 Å². The van der Waals surface area contributed by atoms with Gasteiger partial charge >= 0.3 is 5.97 Å². The molecule has 2 aromatic heterocycles. The molecule has 0 aliphatic heterocycles. The highest BCUT2D eigenvalue weighted by Gasteiger charge is 2.30. The summed E-state index contributed by atoms with van der Waals surface area (Å²) in [5.41, 5.74) is 1.68. The number of carboxylic acids is 1. The molecule has 33 heavy (non-hydrogen) atoms. The Morgan fingerprint density at radius 2 is 1.91 bits per heavy atom. The average molecular weight is 568 g/mol. The van der Waals surface area contributed by atoms with Crippen LogP contribution >= 0.6 is 22.6 Å². The number of benzene rings is 1. The van der Waals surface area contributed by atoms with Gasteiger partial charge in [0.25, 0.3) is 0 Å². The van der Waals surface area contributed by atoms with Gasteiger partial charge in [-0.15, -0.1) is 0 Å². The zero-order valence-corrected chi connectivity index (χ0v) is 21.1. The summed E-state index contributed by atoms with van der Waals surface area (Å²) in [6.07, 6.45) is 0.396. The summed E-state index contributed by atoms with van der Waals surface area (Å²) in [5.74, 6) is -0.484. The number of carbonyl (C=O) groups is 1. The molecular formula is C24H29IN2O6. The number of aliphatic carboxylic acids is 1. The fraction of sp³-hybridized carbons (Fsp3) is 0.458. The Labute approximate surface area is 206 Å². The highest BCUT2D eigenvalue weighted by molar-refractivity contribution is 14.1. The molecule has 0 amide bonds. The first-order valence-corrected chi connectivity index (χ1v) is 11.9. The predicted octanol–water partition coefficient (Wildman–Crippen LogP) is 5.57. The molecule has 8 nitrogen and oxygen atoms in total. The number of nitrogens with zero attached hydrogens (tertiary/aromatic N) is 2. The van der Waals surface area contributed by atoms with Crippen molar-refractivity contribution >= 4 is 28.6 Å². The molecule has 0 saturated heterocycles. The zero-order valence-electron chi connectivity index (χ0n) is 19.0. The Kier molecular flexibility index (Phi) is 8.66. The van der Waals surface area contributed by atoms with Gasteiger partial charge in [-0.2, -0.15) is 0 Å². The monoisotopic (exact) mass is 568 g/mol. The average Bonchev–Trinajstić information content (AvgIpc) is 3.38. The van der Waals surface area contributed by atoms with Gasteiger partial charge in [-0.3, -0.25) is 4.79 Å². The molecular weight excluding hydrogens is 539 g/mol. The van der Waals surface area contributed by atoms with Crippen molar-refractivity contribution in [2.45, 2.75) is 58.7 Å². The number of hydrogen-bond acceptors (Lipinski definition) is 7. The fourth-order valence-electron chi connectivity index (χ4n) is 3.40. The van der Waals surface area contributed by atoms with E-state index >= 15 is 0 Å². The molecule has 2 heterocycles. The summed E-state index contributed by atoms with van der Waals surface area (Å²) in [4.78, 5) is 11.5. The van der Waals surface area contributed by atoms with Crippen LogP contribution in [-0.2, 0) is 16.1 Å². The van der Waals surface area contributed by atoms with Crippen molar-refractivity contribution in [1.82, 2.24) is 10.3 Å². The Morgan fingerprint density at radius 1 is 1.18 bits per heavy atom. The van der Waals surface area contributed by atoms with E-state index < -0.39 is 17.5 Å². The standard InChI is InChI=1S/C24H29IN2O6/c1-24(2,3)23(30)18-13-17(26-32-18)22-20(25)21(27-33-22)16(12-19(28)29)10-7-11-31-14-15-8-5-4-6-9-15/h4-6,8-9,13,16,23,30H,7,10-12,14H2,1-3H3,(H,28,29)/t16-,23?/m0/s1. The number of carboxylic acid groups (broad SMARTS) is 1. The lowest BCUT2D eigenvalue weighted by Crippen LogP contribution is -2.17. The number of hydrogen-bond donors (Lipinski definition) is 2. The van der Waals surface area contributed by atoms with E-state index in [4.69, 9.17) is 13.8 Å². The van der Waals surface area contributed by atoms with E-state index in [-0.39, 0.29) is 12.3 Å². The van der Waals surface area contributed by atoms with Crippen molar-refractivity contribution in [1.29, 1.82) is 0 Å². The molecule has 0 aliphatic rings. The van der Waals surface area contributed by atoms with Gasteiger partial charge in [-0.05, 0) is 46.4 Å². The second-order valence-electron chi connectivity index (χ2n) is 9.07. The van der Waals surface area contributed by atoms with Crippen molar-refractivity contribution in [2.75, 3.05) is 6.61 Å². The second kappa shape index (κ2) is 11.3. The predicted molar refractivity (Wildman–Crippen MR) is 129 cm³/mol. The van der Waals surface area contributed by atoms with Gasteiger partial charge < -0.3 is 24.0 Å². The maximum Gasteiger partial charge on any atom is 0.304 e. The molecule has 1 unspecified atom stereocenters. The Hall–Kier alpha value is -2.24. The smallest absolute Gasteiger partial charge is 0.304 e. The molecule has 178 valence electrons. The first-order valence-electron chi connectivity index (χ1n) is 10.8. The topological polar surface area (TPSA) is 119 Å². The van der Waals surface area contributed by atoms with Gasteiger partial charge in [0.2, 0.25) is 5.76 Å². The fourth-order valence-corrected chi connectivity index (χ4v) is 4.31. The Morgan fingerprint density at radius 3 is 2.58 bits per heavy atom. The van der Waals surface area contributed by atoms with Crippen LogP contribution in [0.5, 0.6) is 0 Å². The molecule has 3 rings (SSSR count). The van der Waals surface area contributed by atoms with Gasteiger partial charge in [-0.1, -0.05) is 61.4 Å². The third kappa shape index (κ3) is 6.87. The lowest BCUT2D eigenvalue weighted by molar-refractivity contribution is -0.137. The van der Waals surface area contributed by atoms with Crippen LogP contribution in [0.2, 0.25) is 0 Å². The quantitative estimate of drug-likeness (QED) is 0.228. The molecule has 1 aromatic carbocycles. The van der Waals surface area contributed by atoms with Gasteiger partial charge in [0.05, 0.1) is 16.6 Å². The van der Waals surface area contributed by atoms with E-state index in [2.05, 4.69) is 32.9 Å². The molecule has 0 bridgehead atoms. The van der Waals surface area contributed by atoms with Crippen LogP contribution in [0.3, 0.4) is 0 Å². The van der Waals surface area contributed by atoms with Crippen LogP contribution in [0, 0.1) is 8.99 Å². The lowest BCUT2D eigenvalue weighted by atomic mass is 9.87. The van der Waals surface area contributed by atoms with Gasteiger partial charge in [0.15, 0.2) is 11.5 Å². The minimum Gasteiger partial charge on any atom is -0.481 e. The highest BCUT2D eigenvalue weighted by atomic mass is 127. The van der Waals surface area contributed by atoms with Crippen LogP contribution in [0.4, 0.5) is 0 Å². The molecule has 0 aliphatic carbocycles. The number of aliphatic hydroxyl groups is 1. The Balaban J connectivity index is 1.66. The summed E-state index contributed by atoms with van der Waals surface area (Å²) >= 11 is 2.10. The molecule has 0 radical (unpaired) electrons.